The van der Waals surface area contributed by atoms with Crippen LogP contribution >= 0.6 is 0 Å². The lowest BCUT2D eigenvalue weighted by atomic mass is 9.92. The number of urea groups is 1. The minimum absolute atomic E-state index is 0.104. The van der Waals surface area contributed by atoms with Crippen molar-refractivity contribution in [2.75, 3.05) is 48.8 Å². The van der Waals surface area contributed by atoms with E-state index in [9.17, 15) is 9.59 Å². The molecule has 1 saturated heterocycles. The number of carbonyl (C=O) groups is 1. The van der Waals surface area contributed by atoms with Crippen molar-refractivity contribution < 1.29 is 14.3 Å². The summed E-state index contributed by atoms with van der Waals surface area (Å²) in [4.78, 5) is 37.8. The number of aromatic nitrogens is 7. The minimum atomic E-state index is -0.457. The average Bonchev–Trinajstić information content (AvgIpc) is 3.84. The van der Waals surface area contributed by atoms with Crippen LogP contribution in [0.25, 0.3) is 27.4 Å². The molecular weight excluding hydrogens is 711 g/mol. The summed E-state index contributed by atoms with van der Waals surface area (Å²) < 4.78 is 15.1. The van der Waals surface area contributed by atoms with Gasteiger partial charge in [0.1, 0.15) is 11.6 Å². The van der Waals surface area contributed by atoms with Crippen molar-refractivity contribution in [1.82, 2.24) is 39.4 Å². The second kappa shape index (κ2) is 15.3. The number of aromatic amines is 1. The van der Waals surface area contributed by atoms with Gasteiger partial charge in [-0.15, -0.1) is 0 Å². The van der Waals surface area contributed by atoms with Crippen molar-refractivity contribution >= 4 is 50.8 Å². The van der Waals surface area contributed by atoms with E-state index in [1.807, 2.05) is 49.4 Å². The standard InChI is InChI=1S/C41H43N11O4/c1-26-21-28(22-27-24-43-48-38(26)27)44-39-42-14-13-36(47-39)56-33-11-10-32(30-7-5-6-8-31(30)33)45-40(54)46-35-23-34(41(2,3)4)49-52(35)29-9-12-37(53)51(25-29)16-15-50-17-19-55-20-18-50/h5-14,21-25H,15-20H2,1-4H3,(H,43,48)(H,42,44,47)(H2,45,46,54). The number of carbonyl (C=O) groups excluding carboxylic acids is 1. The normalized spacial score (nSPS) is 13.6. The first kappa shape index (κ1) is 36.4. The Balaban J connectivity index is 1.01. The van der Waals surface area contributed by atoms with Crippen LogP contribution in [0.2, 0.25) is 0 Å². The monoisotopic (exact) mass is 753 g/mol. The molecule has 2 amide bonds. The first-order chi connectivity index (χ1) is 27.1. The summed E-state index contributed by atoms with van der Waals surface area (Å²) >= 11 is 0. The molecule has 8 rings (SSSR count). The second-order valence-electron chi connectivity index (χ2n) is 14.8. The summed E-state index contributed by atoms with van der Waals surface area (Å²) in [6, 6.07) is 21.6. The molecule has 0 unspecified atom stereocenters. The zero-order valence-corrected chi connectivity index (χ0v) is 31.7. The van der Waals surface area contributed by atoms with Crippen LogP contribution in [0.15, 0.2) is 96.2 Å². The van der Waals surface area contributed by atoms with Gasteiger partial charge < -0.3 is 24.7 Å². The number of aryl methyl sites for hydroxylation is 1. The van der Waals surface area contributed by atoms with E-state index in [0.29, 0.717) is 54.5 Å². The van der Waals surface area contributed by atoms with E-state index < -0.39 is 6.03 Å². The molecule has 15 heteroatoms. The Hall–Kier alpha value is -6.58. The molecule has 0 aliphatic carbocycles. The van der Waals surface area contributed by atoms with E-state index in [1.54, 1.807) is 52.1 Å². The molecule has 1 aliphatic heterocycles. The number of nitrogens with one attached hydrogen (secondary N) is 4. The average molecular weight is 754 g/mol. The molecule has 3 aromatic carbocycles. The predicted molar refractivity (Wildman–Crippen MR) is 217 cm³/mol. The van der Waals surface area contributed by atoms with E-state index in [-0.39, 0.29) is 11.0 Å². The number of nitrogens with zero attached hydrogens (tertiary/aromatic N) is 7. The lowest BCUT2D eigenvalue weighted by Gasteiger charge is -2.26. The molecule has 0 atom stereocenters. The van der Waals surface area contributed by atoms with Gasteiger partial charge in [-0.1, -0.05) is 45.0 Å². The fraction of sp³-hybridized carbons (Fsp3) is 0.268. The van der Waals surface area contributed by atoms with Gasteiger partial charge >= 0.3 is 6.03 Å². The van der Waals surface area contributed by atoms with Crippen LogP contribution in [0.4, 0.5) is 27.9 Å². The fourth-order valence-electron chi connectivity index (χ4n) is 6.67. The van der Waals surface area contributed by atoms with Crippen molar-refractivity contribution in [3.63, 3.8) is 0 Å². The number of rotatable bonds is 10. The van der Waals surface area contributed by atoms with Crippen molar-refractivity contribution in [2.24, 2.45) is 0 Å². The van der Waals surface area contributed by atoms with Crippen molar-refractivity contribution in [1.29, 1.82) is 0 Å². The molecule has 5 heterocycles. The lowest BCUT2D eigenvalue weighted by Crippen LogP contribution is -2.39. The highest BCUT2D eigenvalue weighted by atomic mass is 16.5. The molecule has 0 radical (unpaired) electrons. The van der Waals surface area contributed by atoms with Crippen molar-refractivity contribution in [3.05, 3.63) is 113 Å². The number of amides is 2. The third-order valence-electron chi connectivity index (χ3n) is 9.67. The van der Waals surface area contributed by atoms with Gasteiger partial charge in [0.25, 0.3) is 5.56 Å². The maximum absolute atomic E-state index is 13.7. The molecule has 56 heavy (non-hydrogen) atoms. The topological polar surface area (TPSA) is 169 Å². The SMILES string of the molecule is Cc1cc(Nc2nccc(Oc3ccc(NC(=O)Nc4cc(C(C)(C)C)nn4-c4ccc(=O)n(CCN5CCOCC5)c4)c4ccccc34)n2)cc2cn[nH]c12. The van der Waals surface area contributed by atoms with Crippen LogP contribution in [0.1, 0.15) is 32.0 Å². The number of fused-ring (bicyclic) bond motifs is 2. The summed E-state index contributed by atoms with van der Waals surface area (Å²) in [5.74, 6) is 1.75. The number of benzene rings is 3. The highest BCUT2D eigenvalue weighted by Gasteiger charge is 2.23. The molecule has 0 bridgehead atoms. The number of morpholine rings is 1. The highest BCUT2D eigenvalue weighted by Crippen LogP contribution is 2.35. The Morgan fingerprint density at radius 2 is 1.79 bits per heavy atom. The van der Waals surface area contributed by atoms with Crippen LogP contribution in [0, 0.1) is 6.92 Å². The van der Waals surface area contributed by atoms with Gasteiger partial charge in [-0.25, -0.2) is 14.5 Å². The maximum Gasteiger partial charge on any atom is 0.324 e. The molecule has 15 nitrogen and oxygen atoms in total. The summed E-state index contributed by atoms with van der Waals surface area (Å²) in [5, 5.41) is 23.8. The molecule has 0 spiro atoms. The zero-order valence-electron chi connectivity index (χ0n) is 31.7. The number of H-pyrrole nitrogens is 1. The van der Waals surface area contributed by atoms with Crippen LogP contribution in [0.5, 0.6) is 11.6 Å². The highest BCUT2D eigenvalue weighted by molar-refractivity contribution is 6.07. The molecule has 1 aliphatic rings. The Morgan fingerprint density at radius 1 is 0.964 bits per heavy atom. The lowest BCUT2D eigenvalue weighted by molar-refractivity contribution is 0.0363. The Morgan fingerprint density at radius 3 is 2.61 bits per heavy atom. The van der Waals surface area contributed by atoms with E-state index in [1.165, 1.54) is 6.07 Å². The van der Waals surface area contributed by atoms with Crippen molar-refractivity contribution in [3.8, 4) is 17.3 Å². The fourth-order valence-corrected chi connectivity index (χ4v) is 6.67. The van der Waals surface area contributed by atoms with Gasteiger partial charge in [-0.3, -0.25) is 20.1 Å². The summed E-state index contributed by atoms with van der Waals surface area (Å²) in [5.41, 5.74) is 4.46. The van der Waals surface area contributed by atoms with E-state index in [0.717, 1.165) is 58.3 Å². The van der Waals surface area contributed by atoms with Gasteiger partial charge in [0, 0.05) is 84.0 Å². The van der Waals surface area contributed by atoms with Crippen LogP contribution in [-0.2, 0) is 16.7 Å². The predicted octanol–water partition coefficient (Wildman–Crippen LogP) is 6.97. The molecular formula is C41H43N11O4. The number of hydrogen-bond acceptors (Lipinski definition) is 10. The number of pyridine rings is 1. The van der Waals surface area contributed by atoms with E-state index in [2.05, 4.69) is 61.8 Å². The quantitative estimate of drug-likeness (QED) is 0.114. The first-order valence-electron chi connectivity index (χ1n) is 18.5. The summed E-state index contributed by atoms with van der Waals surface area (Å²) in [6.45, 7) is 12.5. The second-order valence-corrected chi connectivity index (χ2v) is 14.8. The Labute approximate surface area is 322 Å². The minimum Gasteiger partial charge on any atom is -0.438 e. The first-order valence-corrected chi connectivity index (χ1v) is 18.5. The molecule has 7 aromatic rings. The van der Waals surface area contributed by atoms with Crippen LogP contribution in [-0.4, -0.2) is 78.3 Å². The third-order valence-corrected chi connectivity index (χ3v) is 9.67. The largest absolute Gasteiger partial charge is 0.438 e. The van der Waals surface area contributed by atoms with E-state index in [4.69, 9.17) is 14.6 Å². The number of hydrogen-bond donors (Lipinski definition) is 4. The van der Waals surface area contributed by atoms with Gasteiger partial charge in [0.15, 0.2) is 0 Å². The van der Waals surface area contributed by atoms with Crippen molar-refractivity contribution in [2.45, 2.75) is 39.7 Å². The van der Waals surface area contributed by atoms with Crippen LogP contribution in [0.3, 0.4) is 0 Å². The zero-order chi connectivity index (χ0) is 38.8. The summed E-state index contributed by atoms with van der Waals surface area (Å²) in [7, 11) is 0. The molecule has 286 valence electrons. The molecule has 1 fully saturated rings. The number of anilines is 4. The summed E-state index contributed by atoms with van der Waals surface area (Å²) in [6.07, 6.45) is 5.19. The van der Waals surface area contributed by atoms with Crippen LogP contribution < -0.4 is 26.2 Å². The smallest absolute Gasteiger partial charge is 0.324 e. The molecule has 4 N–H and O–H groups in total. The maximum atomic E-state index is 13.7. The van der Waals surface area contributed by atoms with E-state index >= 15 is 0 Å². The molecule has 0 saturated carbocycles. The van der Waals surface area contributed by atoms with Gasteiger partial charge in [0.05, 0.1) is 42.0 Å². The Bertz CT molecular complexity index is 2600. The number of ether oxygens (including phenoxy) is 2. The van der Waals surface area contributed by atoms with Gasteiger partial charge in [-0.2, -0.15) is 15.2 Å². The third kappa shape index (κ3) is 7.94. The molecule has 4 aromatic heterocycles. The Kier molecular flexibility index (Phi) is 9.93. The van der Waals surface area contributed by atoms with Gasteiger partial charge in [-0.05, 0) is 42.8 Å². The van der Waals surface area contributed by atoms with Gasteiger partial charge in [0.2, 0.25) is 11.8 Å².